The van der Waals surface area contributed by atoms with E-state index in [-0.39, 0.29) is 17.9 Å². The molecule has 3 rings (SSSR count). The average Bonchev–Trinajstić information content (AvgIpc) is 3.07. The fraction of sp³-hybridized carbons (Fsp3) is 0.545. The third-order valence-electron chi connectivity index (χ3n) is 5.19. The molecular weight excluding hydrogens is 418 g/mol. The van der Waals surface area contributed by atoms with E-state index in [9.17, 15) is 9.59 Å². The summed E-state index contributed by atoms with van der Waals surface area (Å²) in [5.41, 5.74) is 1.22. The largest absolute Gasteiger partial charge is 0.444 e. The maximum Gasteiger partial charge on any atom is 0.410 e. The van der Waals surface area contributed by atoms with E-state index in [1.807, 2.05) is 39.8 Å². The molecule has 0 saturated carbocycles. The van der Waals surface area contributed by atoms with E-state index in [0.29, 0.717) is 36.0 Å². The number of aromatic nitrogens is 3. The van der Waals surface area contributed by atoms with Crippen molar-refractivity contribution in [3.05, 3.63) is 40.7 Å². The van der Waals surface area contributed by atoms with Crippen LogP contribution in [0, 0.1) is 12.8 Å². The summed E-state index contributed by atoms with van der Waals surface area (Å²) in [4.78, 5) is 28.8. The Morgan fingerprint density at radius 1 is 1.32 bits per heavy atom. The first kappa shape index (κ1) is 23.1. The summed E-state index contributed by atoms with van der Waals surface area (Å²) >= 11 is 6.08. The molecule has 1 aliphatic rings. The minimum atomic E-state index is -0.535. The van der Waals surface area contributed by atoms with Crippen LogP contribution in [0.15, 0.2) is 24.3 Å². The van der Waals surface area contributed by atoms with Crippen molar-refractivity contribution in [3.8, 4) is 5.69 Å². The van der Waals surface area contributed by atoms with Gasteiger partial charge in [0.1, 0.15) is 5.60 Å². The number of halogens is 1. The lowest BCUT2D eigenvalue weighted by Gasteiger charge is -2.34. The first-order valence-electron chi connectivity index (χ1n) is 10.5. The summed E-state index contributed by atoms with van der Waals surface area (Å²) < 4.78 is 7.05. The topological polar surface area (TPSA) is 80.6 Å². The van der Waals surface area contributed by atoms with Crippen molar-refractivity contribution in [2.75, 3.05) is 26.7 Å². The lowest BCUT2D eigenvalue weighted by Crippen LogP contribution is -2.45. The maximum absolute atomic E-state index is 13.2. The molecule has 0 spiro atoms. The molecule has 0 aliphatic carbocycles. The third kappa shape index (κ3) is 5.76. The van der Waals surface area contributed by atoms with E-state index in [0.717, 1.165) is 18.5 Å². The number of benzene rings is 1. The maximum atomic E-state index is 13.2. The van der Waals surface area contributed by atoms with Crippen molar-refractivity contribution in [3.63, 3.8) is 0 Å². The second-order valence-corrected chi connectivity index (χ2v) is 9.47. The van der Waals surface area contributed by atoms with Crippen LogP contribution in [-0.2, 0) is 4.74 Å². The van der Waals surface area contributed by atoms with Gasteiger partial charge in [0.2, 0.25) is 0 Å². The zero-order chi connectivity index (χ0) is 22.8. The fourth-order valence-electron chi connectivity index (χ4n) is 3.73. The molecule has 168 valence electrons. The van der Waals surface area contributed by atoms with Gasteiger partial charge in [0.05, 0.1) is 11.4 Å². The second-order valence-electron chi connectivity index (χ2n) is 9.04. The van der Waals surface area contributed by atoms with Crippen LogP contribution in [0.25, 0.3) is 5.69 Å². The van der Waals surface area contributed by atoms with Crippen molar-refractivity contribution in [2.24, 2.45) is 5.92 Å². The standard InChI is InChI=1S/C22H30ClN5O3/c1-15-19(24-25-28(15)18-10-6-9-17(23)12-18)20(29)27-11-7-8-16(14-27)13-26(5)21(30)31-22(2,3)4/h6,9-10,12,16H,7-8,11,13-14H2,1-5H3. The smallest absolute Gasteiger partial charge is 0.410 e. The van der Waals surface area contributed by atoms with Crippen LogP contribution >= 0.6 is 11.6 Å². The lowest BCUT2D eigenvalue weighted by molar-refractivity contribution is 0.0244. The number of carbonyl (C=O) groups excluding carboxylic acids is 2. The van der Waals surface area contributed by atoms with Gasteiger partial charge in [0.15, 0.2) is 5.69 Å². The Morgan fingerprint density at radius 2 is 2.06 bits per heavy atom. The number of hydrogen-bond donors (Lipinski definition) is 0. The molecule has 0 bridgehead atoms. The summed E-state index contributed by atoms with van der Waals surface area (Å²) in [6.07, 6.45) is 1.47. The third-order valence-corrected chi connectivity index (χ3v) is 5.43. The molecule has 1 saturated heterocycles. The average molecular weight is 448 g/mol. The van der Waals surface area contributed by atoms with Gasteiger partial charge < -0.3 is 14.5 Å². The number of amides is 2. The molecule has 9 heteroatoms. The molecule has 1 aromatic carbocycles. The Bertz CT molecular complexity index is 953. The van der Waals surface area contributed by atoms with Crippen molar-refractivity contribution in [1.29, 1.82) is 0 Å². The molecule has 1 atom stereocenters. The molecule has 31 heavy (non-hydrogen) atoms. The Balaban J connectivity index is 1.67. The number of nitrogens with zero attached hydrogens (tertiary/aromatic N) is 5. The van der Waals surface area contributed by atoms with Crippen LogP contribution in [0.5, 0.6) is 0 Å². The molecular formula is C22H30ClN5O3. The van der Waals surface area contributed by atoms with Crippen LogP contribution in [0.3, 0.4) is 0 Å². The fourth-order valence-corrected chi connectivity index (χ4v) is 3.91. The lowest BCUT2D eigenvalue weighted by atomic mass is 9.97. The second kappa shape index (κ2) is 9.26. The summed E-state index contributed by atoms with van der Waals surface area (Å²) in [5.74, 6) is 0.0360. The van der Waals surface area contributed by atoms with Crippen LogP contribution in [0.2, 0.25) is 5.02 Å². The van der Waals surface area contributed by atoms with E-state index in [4.69, 9.17) is 16.3 Å². The minimum Gasteiger partial charge on any atom is -0.444 e. The molecule has 2 heterocycles. The Kier molecular flexibility index (Phi) is 6.89. The van der Waals surface area contributed by atoms with Crippen LogP contribution in [0.4, 0.5) is 4.79 Å². The molecule has 2 aromatic rings. The number of rotatable bonds is 4. The van der Waals surface area contributed by atoms with E-state index >= 15 is 0 Å². The van der Waals surface area contributed by atoms with E-state index < -0.39 is 5.60 Å². The van der Waals surface area contributed by atoms with Crippen molar-refractivity contribution < 1.29 is 14.3 Å². The summed E-state index contributed by atoms with van der Waals surface area (Å²) in [6.45, 7) is 9.12. The molecule has 1 aromatic heterocycles. The van der Waals surface area contributed by atoms with E-state index in [1.54, 1.807) is 33.7 Å². The number of likely N-dealkylation sites (tertiary alicyclic amines) is 1. The molecule has 8 nitrogen and oxygen atoms in total. The molecule has 0 N–H and O–H groups in total. The number of piperidine rings is 1. The predicted molar refractivity (Wildman–Crippen MR) is 119 cm³/mol. The molecule has 1 fully saturated rings. The van der Waals surface area contributed by atoms with Gasteiger partial charge in [0.25, 0.3) is 5.91 Å². The van der Waals surface area contributed by atoms with Gasteiger partial charge in [-0.15, -0.1) is 5.10 Å². The number of ether oxygens (including phenoxy) is 1. The molecule has 2 amide bonds. The zero-order valence-electron chi connectivity index (χ0n) is 18.8. The SMILES string of the molecule is Cc1c(C(=O)N2CCCC(CN(C)C(=O)OC(C)(C)C)C2)nnn1-c1cccc(Cl)c1. The Hall–Kier alpha value is -2.61. The highest BCUT2D eigenvalue weighted by molar-refractivity contribution is 6.30. The zero-order valence-corrected chi connectivity index (χ0v) is 19.5. The summed E-state index contributed by atoms with van der Waals surface area (Å²) in [6, 6.07) is 7.26. The van der Waals surface area contributed by atoms with Gasteiger partial charge in [-0.05, 0) is 64.7 Å². The molecule has 0 radical (unpaired) electrons. The van der Waals surface area contributed by atoms with Gasteiger partial charge in [-0.2, -0.15) is 0 Å². The van der Waals surface area contributed by atoms with Crippen molar-refractivity contribution in [1.82, 2.24) is 24.8 Å². The minimum absolute atomic E-state index is 0.143. The monoisotopic (exact) mass is 447 g/mol. The van der Waals surface area contributed by atoms with E-state index in [2.05, 4.69) is 10.3 Å². The highest BCUT2D eigenvalue weighted by Gasteiger charge is 2.30. The van der Waals surface area contributed by atoms with Crippen molar-refractivity contribution in [2.45, 2.75) is 46.1 Å². The van der Waals surface area contributed by atoms with Crippen molar-refractivity contribution >= 4 is 23.6 Å². The highest BCUT2D eigenvalue weighted by Crippen LogP contribution is 2.22. The number of carbonyl (C=O) groups is 2. The van der Waals surface area contributed by atoms with Gasteiger partial charge in [0, 0.05) is 31.7 Å². The van der Waals surface area contributed by atoms with Crippen LogP contribution < -0.4 is 0 Å². The predicted octanol–water partition coefficient (Wildman–Crippen LogP) is 3.95. The quantitative estimate of drug-likeness (QED) is 0.708. The Labute approximate surface area is 188 Å². The molecule has 1 aliphatic heterocycles. The highest BCUT2D eigenvalue weighted by atomic mass is 35.5. The summed E-state index contributed by atoms with van der Waals surface area (Å²) in [5, 5.41) is 8.90. The first-order valence-corrected chi connectivity index (χ1v) is 10.8. The Morgan fingerprint density at radius 3 is 2.74 bits per heavy atom. The summed E-state index contributed by atoms with van der Waals surface area (Å²) in [7, 11) is 1.73. The normalized spacial score (nSPS) is 16.8. The van der Waals surface area contributed by atoms with Crippen LogP contribution in [-0.4, -0.2) is 69.1 Å². The van der Waals surface area contributed by atoms with Gasteiger partial charge >= 0.3 is 6.09 Å². The van der Waals surface area contributed by atoms with Gasteiger partial charge in [-0.3, -0.25) is 4.79 Å². The number of hydrogen-bond acceptors (Lipinski definition) is 5. The van der Waals surface area contributed by atoms with Gasteiger partial charge in [-0.1, -0.05) is 22.9 Å². The molecule has 1 unspecified atom stereocenters. The van der Waals surface area contributed by atoms with Crippen LogP contribution in [0.1, 0.15) is 49.8 Å². The van der Waals surface area contributed by atoms with E-state index in [1.165, 1.54) is 0 Å². The van der Waals surface area contributed by atoms with Gasteiger partial charge in [-0.25, -0.2) is 9.48 Å². The first-order chi connectivity index (χ1) is 14.5.